The Hall–Kier alpha value is -3.64. The third-order valence-corrected chi connectivity index (χ3v) is 7.36. The van der Waals surface area contributed by atoms with Gasteiger partial charge in [0.2, 0.25) is 0 Å². The number of amides is 2. The summed E-state index contributed by atoms with van der Waals surface area (Å²) < 4.78 is 10.1. The second kappa shape index (κ2) is 12.5. The van der Waals surface area contributed by atoms with E-state index in [2.05, 4.69) is 41.6 Å². The Morgan fingerprint density at radius 1 is 1.13 bits per heavy atom. The van der Waals surface area contributed by atoms with Crippen molar-refractivity contribution in [1.29, 1.82) is 0 Å². The highest BCUT2D eigenvalue weighted by Gasteiger charge is 2.26. The highest BCUT2D eigenvalue weighted by Crippen LogP contribution is 2.22. The Morgan fingerprint density at radius 3 is 2.54 bits per heavy atom. The third-order valence-electron chi connectivity index (χ3n) is 7.08. The van der Waals surface area contributed by atoms with Crippen molar-refractivity contribution in [2.24, 2.45) is 0 Å². The molecule has 0 unspecified atom stereocenters. The molecular formula is C26H37ClN9O3+. The Morgan fingerprint density at radius 2 is 1.87 bits per heavy atom. The lowest BCUT2D eigenvalue weighted by Crippen LogP contribution is -2.45. The van der Waals surface area contributed by atoms with E-state index in [1.54, 1.807) is 0 Å². The molecule has 39 heavy (non-hydrogen) atoms. The maximum absolute atomic E-state index is 12.8. The quantitative estimate of drug-likeness (QED) is 0.272. The van der Waals surface area contributed by atoms with E-state index in [0.29, 0.717) is 18.8 Å². The van der Waals surface area contributed by atoms with E-state index in [-0.39, 0.29) is 47.6 Å². The van der Waals surface area contributed by atoms with Gasteiger partial charge in [0, 0.05) is 25.2 Å². The van der Waals surface area contributed by atoms with Gasteiger partial charge in [0.05, 0.1) is 13.1 Å². The maximum Gasteiger partial charge on any atom is 0.277 e. The number of rotatable bonds is 10. The summed E-state index contributed by atoms with van der Waals surface area (Å²) in [7, 11) is 0. The fourth-order valence-electron chi connectivity index (χ4n) is 5.02. The van der Waals surface area contributed by atoms with Gasteiger partial charge < -0.3 is 31.7 Å². The van der Waals surface area contributed by atoms with Gasteiger partial charge in [-0.2, -0.15) is 0 Å². The van der Waals surface area contributed by atoms with Crippen LogP contribution in [-0.4, -0.2) is 63.5 Å². The molecule has 1 fully saturated rings. The highest BCUT2D eigenvalue weighted by molar-refractivity contribution is 6.31. The molecule has 6 N–H and O–H groups in total. The van der Waals surface area contributed by atoms with Crippen LogP contribution in [-0.2, 0) is 24.4 Å². The molecule has 2 amide bonds. The van der Waals surface area contributed by atoms with Crippen LogP contribution in [0.15, 0.2) is 18.2 Å². The Labute approximate surface area is 232 Å². The van der Waals surface area contributed by atoms with Crippen LogP contribution in [0.4, 0.5) is 11.6 Å². The summed E-state index contributed by atoms with van der Waals surface area (Å²) in [6, 6.07) is 5.94. The second-order valence-electron chi connectivity index (χ2n) is 9.44. The molecule has 210 valence electrons. The molecule has 0 atom stereocenters. The molecule has 3 heterocycles. The fraction of sp³-hybridized carbons (Fsp3) is 0.500. The van der Waals surface area contributed by atoms with Crippen LogP contribution in [0, 0.1) is 0 Å². The van der Waals surface area contributed by atoms with Gasteiger partial charge in [-0.15, -0.1) is 0 Å². The number of ether oxygens (including phenoxy) is 1. The zero-order valence-corrected chi connectivity index (χ0v) is 23.4. The van der Waals surface area contributed by atoms with Gasteiger partial charge in [-0.25, -0.2) is 19.1 Å². The van der Waals surface area contributed by atoms with Gasteiger partial charge in [0.25, 0.3) is 17.6 Å². The summed E-state index contributed by atoms with van der Waals surface area (Å²) >= 11 is 5.93. The summed E-state index contributed by atoms with van der Waals surface area (Å²) in [5.41, 5.74) is 13.3. The molecule has 0 saturated carbocycles. The van der Waals surface area contributed by atoms with Crippen molar-refractivity contribution in [2.75, 3.05) is 37.7 Å². The number of carbonyl (C=O) groups is 2. The van der Waals surface area contributed by atoms with Crippen molar-refractivity contribution in [3.63, 3.8) is 0 Å². The smallest absolute Gasteiger partial charge is 0.277 e. The van der Waals surface area contributed by atoms with Crippen molar-refractivity contribution >= 4 is 46.1 Å². The number of likely N-dealkylation sites (tertiary alicyclic amines) is 1. The van der Waals surface area contributed by atoms with Crippen LogP contribution < -0.4 is 31.4 Å². The number of nitrogens with zero attached hydrogens (tertiary/aromatic N) is 5. The van der Waals surface area contributed by atoms with Gasteiger partial charge in [-0.3, -0.25) is 9.59 Å². The molecule has 13 heteroatoms. The number of nitrogens with two attached hydrogens (primary N) is 2. The molecule has 0 spiro atoms. The zero-order valence-electron chi connectivity index (χ0n) is 22.7. The summed E-state index contributed by atoms with van der Waals surface area (Å²) in [6.45, 7) is 10.8. The zero-order chi connectivity index (χ0) is 28.1. The van der Waals surface area contributed by atoms with Crippen LogP contribution in [0.2, 0.25) is 5.15 Å². The Kier molecular flexibility index (Phi) is 9.08. The van der Waals surface area contributed by atoms with Crippen molar-refractivity contribution in [3.05, 3.63) is 34.9 Å². The molecule has 0 aliphatic carbocycles. The van der Waals surface area contributed by atoms with Gasteiger partial charge in [0.1, 0.15) is 12.3 Å². The number of aromatic nitrogens is 4. The van der Waals surface area contributed by atoms with E-state index in [9.17, 15) is 9.59 Å². The van der Waals surface area contributed by atoms with Gasteiger partial charge in [-0.1, -0.05) is 18.5 Å². The van der Waals surface area contributed by atoms with Crippen LogP contribution >= 0.6 is 11.6 Å². The largest absolute Gasteiger partial charge is 0.484 e. The number of carbonyl (C=O) groups excluding carboxylic acids is 2. The van der Waals surface area contributed by atoms with E-state index in [0.717, 1.165) is 49.3 Å². The molecular weight excluding hydrogens is 522 g/mol. The number of benzene rings is 1. The van der Waals surface area contributed by atoms with Gasteiger partial charge in [0.15, 0.2) is 40.1 Å². The van der Waals surface area contributed by atoms with E-state index in [1.165, 1.54) is 0 Å². The summed E-state index contributed by atoms with van der Waals surface area (Å²) in [5.74, 6) is 0.731. The maximum atomic E-state index is 12.8. The number of halogens is 1. The number of imidazole rings is 1. The predicted octanol–water partition coefficient (Wildman–Crippen LogP) is 1.49. The van der Waals surface area contributed by atoms with Crippen molar-refractivity contribution < 1.29 is 18.9 Å². The van der Waals surface area contributed by atoms with Gasteiger partial charge in [-0.05, 0) is 45.4 Å². The molecule has 0 bridgehead atoms. The molecule has 3 aromatic rings. The molecule has 1 aliphatic rings. The average molecular weight is 559 g/mol. The first-order chi connectivity index (χ1) is 18.7. The lowest BCUT2D eigenvalue weighted by atomic mass is 10.1. The third kappa shape index (κ3) is 6.34. The van der Waals surface area contributed by atoms with E-state index < -0.39 is 5.91 Å². The lowest BCUT2D eigenvalue weighted by molar-refractivity contribution is -0.676. The molecule has 4 rings (SSSR count). The highest BCUT2D eigenvalue weighted by atomic mass is 35.5. The first-order valence-corrected chi connectivity index (χ1v) is 13.7. The minimum absolute atomic E-state index is 0.0338. The molecule has 1 aliphatic heterocycles. The van der Waals surface area contributed by atoms with Crippen molar-refractivity contribution in [3.8, 4) is 5.75 Å². The van der Waals surface area contributed by atoms with Crippen LogP contribution in [0.25, 0.3) is 11.0 Å². The number of hydrogen-bond acceptors (Lipinski definition) is 8. The summed E-state index contributed by atoms with van der Waals surface area (Å²) in [5, 5.41) is 5.88. The predicted molar refractivity (Wildman–Crippen MR) is 149 cm³/mol. The van der Waals surface area contributed by atoms with E-state index in [1.807, 2.05) is 32.0 Å². The minimum atomic E-state index is -0.507. The number of anilines is 2. The first-order valence-electron chi connectivity index (χ1n) is 13.3. The Balaban J connectivity index is 1.46. The number of nitrogen functional groups attached to an aromatic ring is 2. The molecule has 12 nitrogen and oxygen atoms in total. The van der Waals surface area contributed by atoms with E-state index >= 15 is 0 Å². The lowest BCUT2D eigenvalue weighted by Gasteiger charge is -2.31. The molecule has 1 aromatic carbocycles. The minimum Gasteiger partial charge on any atom is -0.484 e. The van der Waals surface area contributed by atoms with Crippen LogP contribution in [0.3, 0.4) is 0 Å². The molecule has 0 radical (unpaired) electrons. The second-order valence-corrected chi connectivity index (χ2v) is 9.79. The summed E-state index contributed by atoms with van der Waals surface area (Å²) in [6.07, 6.45) is 1.91. The SMILES string of the molecule is CCN1CCC(NC(=O)COc2ccc3c(c2)n(CC)c(CNC(=O)c2nc(Cl)c(N)nc2N)[n+]3CC)CC1. The number of piperidine rings is 1. The normalized spacial score (nSPS) is 14.5. The van der Waals surface area contributed by atoms with E-state index in [4.69, 9.17) is 27.8 Å². The molecule has 1 saturated heterocycles. The van der Waals surface area contributed by atoms with Gasteiger partial charge >= 0.3 is 0 Å². The van der Waals surface area contributed by atoms with Crippen LogP contribution in [0.5, 0.6) is 5.75 Å². The average Bonchev–Trinajstić information content (AvgIpc) is 3.24. The monoisotopic (exact) mass is 558 g/mol. The van der Waals surface area contributed by atoms with Crippen LogP contribution in [0.1, 0.15) is 49.9 Å². The van der Waals surface area contributed by atoms with Crippen molar-refractivity contribution in [2.45, 2.75) is 59.3 Å². The molecule has 2 aromatic heterocycles. The Bertz CT molecular complexity index is 1350. The topological polar surface area (TPSA) is 157 Å². The standard InChI is InChI=1S/C26H36ClN9O3/c1-4-34-11-9-16(10-12-34)31-20(37)15-39-17-7-8-18-19(13-17)36(6-3)21(35(18)5-2)14-30-26(38)22-24(28)33-25(29)23(27)32-22/h7-8,13,16H,4-6,9-12,14-15H2,1-3H3,(H5-,28,29,30,31,33,37,38)/p+1. The summed E-state index contributed by atoms with van der Waals surface area (Å²) in [4.78, 5) is 35.6. The number of aryl methyl sites for hydroxylation is 2. The number of hydrogen-bond donors (Lipinski definition) is 4. The number of fused-ring (bicyclic) bond motifs is 1. The van der Waals surface area contributed by atoms with Crippen molar-refractivity contribution in [1.82, 2.24) is 30.1 Å². The first kappa shape index (κ1) is 28.4. The fourth-order valence-corrected chi connectivity index (χ4v) is 5.15. The number of nitrogens with one attached hydrogen (secondary N) is 2.